The number of ether oxygens (including phenoxy) is 2. The lowest BCUT2D eigenvalue weighted by molar-refractivity contribution is -0.144. The summed E-state index contributed by atoms with van der Waals surface area (Å²) in [4.78, 5) is 11.4. The van der Waals surface area contributed by atoms with Gasteiger partial charge in [0.05, 0.1) is 23.6 Å². The number of halogens is 1. The highest BCUT2D eigenvalue weighted by molar-refractivity contribution is 7.89. The van der Waals surface area contributed by atoms with Crippen molar-refractivity contribution in [3.63, 3.8) is 0 Å². The van der Waals surface area contributed by atoms with Crippen molar-refractivity contribution in [1.82, 2.24) is 4.72 Å². The number of benzene rings is 1. The van der Waals surface area contributed by atoms with Gasteiger partial charge in [0.15, 0.2) is 0 Å². The van der Waals surface area contributed by atoms with Gasteiger partial charge in [0.2, 0.25) is 10.0 Å². The highest BCUT2D eigenvalue weighted by Gasteiger charge is 2.23. The Kier molecular flexibility index (Phi) is 5.79. The van der Waals surface area contributed by atoms with E-state index in [-0.39, 0.29) is 16.5 Å². The van der Waals surface area contributed by atoms with Gasteiger partial charge in [-0.15, -0.1) is 0 Å². The molecule has 0 aliphatic rings. The number of carbonyl (C=O) groups excluding carboxylic acids is 1. The number of rotatable bonds is 6. The van der Waals surface area contributed by atoms with Gasteiger partial charge in [-0.2, -0.15) is 4.72 Å². The molecule has 1 unspecified atom stereocenters. The molecule has 20 heavy (non-hydrogen) atoms. The molecule has 0 bridgehead atoms. The maximum absolute atomic E-state index is 12.1. The van der Waals surface area contributed by atoms with Gasteiger partial charge in [-0.1, -0.05) is 11.6 Å². The summed E-state index contributed by atoms with van der Waals surface area (Å²) in [5.41, 5.74) is 0. The Bertz CT molecular complexity index is 588. The summed E-state index contributed by atoms with van der Waals surface area (Å²) in [5.74, 6) is -0.278. The summed E-state index contributed by atoms with van der Waals surface area (Å²) in [6.07, 6.45) is 0. The van der Waals surface area contributed by atoms with E-state index in [1.807, 2.05) is 0 Å². The van der Waals surface area contributed by atoms with Crippen molar-refractivity contribution in [1.29, 1.82) is 0 Å². The van der Waals surface area contributed by atoms with Crippen LogP contribution in [0.2, 0.25) is 5.02 Å². The molecule has 1 aromatic carbocycles. The second kappa shape index (κ2) is 6.92. The molecule has 1 aromatic rings. The Balaban J connectivity index is 2.94. The van der Waals surface area contributed by atoms with Crippen molar-refractivity contribution in [2.75, 3.05) is 13.7 Å². The van der Waals surface area contributed by atoms with Crippen LogP contribution < -0.4 is 9.46 Å². The van der Waals surface area contributed by atoms with E-state index in [0.29, 0.717) is 5.75 Å². The number of hydrogen-bond acceptors (Lipinski definition) is 5. The van der Waals surface area contributed by atoms with Gasteiger partial charge in [-0.25, -0.2) is 8.42 Å². The molecule has 1 atom stereocenters. The van der Waals surface area contributed by atoms with Crippen LogP contribution in [-0.4, -0.2) is 34.1 Å². The Hall–Kier alpha value is -1.31. The molecule has 0 amide bonds. The van der Waals surface area contributed by atoms with Crippen LogP contribution in [0.15, 0.2) is 23.1 Å². The Morgan fingerprint density at radius 2 is 2.10 bits per heavy atom. The zero-order chi connectivity index (χ0) is 15.3. The first-order chi connectivity index (χ1) is 9.31. The number of carbonyl (C=O) groups is 1. The van der Waals surface area contributed by atoms with E-state index >= 15 is 0 Å². The fourth-order valence-electron chi connectivity index (χ4n) is 1.43. The predicted molar refractivity (Wildman–Crippen MR) is 74.4 cm³/mol. The normalized spacial score (nSPS) is 12.8. The summed E-state index contributed by atoms with van der Waals surface area (Å²) in [6, 6.07) is 3.04. The molecule has 112 valence electrons. The van der Waals surface area contributed by atoms with Crippen LogP contribution in [0, 0.1) is 0 Å². The van der Waals surface area contributed by atoms with Crippen molar-refractivity contribution < 1.29 is 22.7 Å². The van der Waals surface area contributed by atoms with Crippen LogP contribution in [0.5, 0.6) is 5.75 Å². The molecule has 0 saturated carbocycles. The fourth-order valence-corrected chi connectivity index (χ4v) is 2.97. The second-order valence-corrected chi connectivity index (χ2v) is 6.01. The van der Waals surface area contributed by atoms with Gasteiger partial charge in [0, 0.05) is 0 Å². The standard InChI is InChI=1S/C12H16ClNO5S/c1-4-19-12(15)8(2)14-20(16,17)9-5-6-11(18-3)10(13)7-9/h5-8,14H,4H2,1-3H3. The number of sulfonamides is 1. The first-order valence-corrected chi connectivity index (χ1v) is 7.70. The lowest BCUT2D eigenvalue weighted by Gasteiger charge is -2.13. The van der Waals surface area contributed by atoms with Crippen LogP contribution in [0.4, 0.5) is 0 Å². The molecule has 0 spiro atoms. The third-order valence-electron chi connectivity index (χ3n) is 2.41. The zero-order valence-corrected chi connectivity index (χ0v) is 12.9. The van der Waals surface area contributed by atoms with Crippen molar-refractivity contribution >= 4 is 27.6 Å². The molecule has 0 aliphatic carbocycles. The van der Waals surface area contributed by atoms with Crippen LogP contribution in [0.1, 0.15) is 13.8 Å². The molecule has 8 heteroatoms. The molecule has 0 radical (unpaired) electrons. The summed E-state index contributed by atoms with van der Waals surface area (Å²) < 4.78 is 36.1. The maximum Gasteiger partial charge on any atom is 0.323 e. The van der Waals surface area contributed by atoms with Gasteiger partial charge in [0.1, 0.15) is 11.8 Å². The van der Waals surface area contributed by atoms with Crippen molar-refractivity contribution in [3.05, 3.63) is 23.2 Å². The van der Waals surface area contributed by atoms with E-state index in [0.717, 1.165) is 0 Å². The lowest BCUT2D eigenvalue weighted by Crippen LogP contribution is -2.39. The Labute approximate surface area is 123 Å². The van der Waals surface area contributed by atoms with E-state index in [4.69, 9.17) is 21.1 Å². The number of methoxy groups -OCH3 is 1. The van der Waals surface area contributed by atoms with Crippen molar-refractivity contribution in [2.45, 2.75) is 24.8 Å². The minimum atomic E-state index is -3.86. The van der Waals surface area contributed by atoms with Gasteiger partial charge < -0.3 is 9.47 Å². The van der Waals surface area contributed by atoms with Crippen molar-refractivity contribution in [2.24, 2.45) is 0 Å². The molecule has 0 fully saturated rings. The van der Waals surface area contributed by atoms with Crippen LogP contribution in [0.25, 0.3) is 0 Å². The Morgan fingerprint density at radius 3 is 2.60 bits per heavy atom. The molecule has 1 N–H and O–H groups in total. The molecular formula is C12H16ClNO5S. The predicted octanol–water partition coefficient (Wildman–Crippen LogP) is 1.58. The van der Waals surface area contributed by atoms with Crippen molar-refractivity contribution in [3.8, 4) is 5.75 Å². The lowest BCUT2D eigenvalue weighted by atomic mass is 10.3. The first-order valence-electron chi connectivity index (χ1n) is 5.84. The minimum Gasteiger partial charge on any atom is -0.495 e. The largest absolute Gasteiger partial charge is 0.495 e. The van der Waals surface area contributed by atoms with E-state index in [2.05, 4.69) is 4.72 Å². The van der Waals surface area contributed by atoms with Gasteiger partial charge in [-0.05, 0) is 32.0 Å². The monoisotopic (exact) mass is 321 g/mol. The topological polar surface area (TPSA) is 81.7 Å². The quantitative estimate of drug-likeness (QED) is 0.804. The SMILES string of the molecule is CCOC(=O)C(C)NS(=O)(=O)c1ccc(OC)c(Cl)c1. The maximum atomic E-state index is 12.1. The zero-order valence-electron chi connectivity index (χ0n) is 11.3. The molecule has 6 nitrogen and oxygen atoms in total. The summed E-state index contributed by atoms with van der Waals surface area (Å²) in [7, 11) is -2.43. The van der Waals surface area contributed by atoms with Crippen LogP contribution in [-0.2, 0) is 19.6 Å². The summed E-state index contributed by atoms with van der Waals surface area (Å²) in [5, 5.41) is 0.166. The first kappa shape index (κ1) is 16.7. The van der Waals surface area contributed by atoms with E-state index < -0.39 is 22.0 Å². The molecule has 1 rings (SSSR count). The third kappa shape index (κ3) is 4.09. The third-order valence-corrected chi connectivity index (χ3v) is 4.24. The number of hydrogen-bond donors (Lipinski definition) is 1. The molecule has 0 saturated heterocycles. The highest BCUT2D eigenvalue weighted by atomic mass is 35.5. The average Bonchev–Trinajstić information content (AvgIpc) is 2.38. The van der Waals surface area contributed by atoms with E-state index in [9.17, 15) is 13.2 Å². The summed E-state index contributed by atoms with van der Waals surface area (Å²) >= 11 is 5.88. The Morgan fingerprint density at radius 1 is 1.45 bits per heavy atom. The fraction of sp³-hybridized carbons (Fsp3) is 0.417. The van der Waals surface area contributed by atoms with Gasteiger partial charge >= 0.3 is 5.97 Å². The second-order valence-electron chi connectivity index (χ2n) is 3.89. The number of esters is 1. The van der Waals surface area contributed by atoms with Crippen LogP contribution in [0.3, 0.4) is 0 Å². The minimum absolute atomic E-state index is 0.0561. The molecular weight excluding hydrogens is 306 g/mol. The van der Waals surface area contributed by atoms with Crippen LogP contribution >= 0.6 is 11.6 Å². The smallest absolute Gasteiger partial charge is 0.323 e. The van der Waals surface area contributed by atoms with E-state index in [1.54, 1.807) is 6.92 Å². The van der Waals surface area contributed by atoms with Gasteiger partial charge in [-0.3, -0.25) is 4.79 Å². The van der Waals surface area contributed by atoms with E-state index in [1.165, 1.54) is 32.2 Å². The molecule has 0 heterocycles. The molecule has 0 aromatic heterocycles. The molecule has 0 aliphatic heterocycles. The number of nitrogens with one attached hydrogen (secondary N) is 1. The highest BCUT2D eigenvalue weighted by Crippen LogP contribution is 2.26. The summed E-state index contributed by atoms with van der Waals surface area (Å²) in [6.45, 7) is 3.22. The average molecular weight is 322 g/mol. The van der Waals surface area contributed by atoms with Gasteiger partial charge in [0.25, 0.3) is 0 Å².